The lowest BCUT2D eigenvalue weighted by atomic mass is 10.5. The largest absolute Gasteiger partial charge is 0.378 e. The number of aromatic nitrogens is 2. The maximum absolute atomic E-state index is 11.6. The van der Waals surface area contributed by atoms with Gasteiger partial charge in [-0.3, -0.25) is 9.71 Å². The second-order valence-electron chi connectivity index (χ2n) is 3.57. The average Bonchev–Trinajstić information content (AvgIpc) is 2.15. The highest BCUT2D eigenvalue weighted by Gasteiger charge is 2.12. The topological polar surface area (TPSA) is 81.2 Å². The molecule has 6 nitrogen and oxygen atoms in total. The van der Waals surface area contributed by atoms with Crippen LogP contribution in [-0.2, 0) is 14.8 Å². The van der Waals surface area contributed by atoms with Gasteiger partial charge < -0.3 is 4.74 Å². The molecule has 0 aliphatic carbocycles. The molecule has 0 fully saturated rings. The molecule has 1 aromatic heterocycles. The van der Waals surface area contributed by atoms with Crippen molar-refractivity contribution in [1.29, 1.82) is 0 Å². The van der Waals surface area contributed by atoms with E-state index < -0.39 is 10.0 Å². The van der Waals surface area contributed by atoms with Gasteiger partial charge in [-0.1, -0.05) is 11.6 Å². The number of hydrogen-bond donors (Lipinski definition) is 1. The molecule has 0 aliphatic heterocycles. The Kier molecular flexibility index (Phi) is 5.10. The van der Waals surface area contributed by atoms with Gasteiger partial charge >= 0.3 is 0 Å². The van der Waals surface area contributed by atoms with Gasteiger partial charge in [-0.25, -0.2) is 13.4 Å². The molecule has 0 atom stereocenters. The quantitative estimate of drug-likeness (QED) is 0.849. The van der Waals surface area contributed by atoms with Crippen LogP contribution in [0.3, 0.4) is 0 Å². The molecule has 0 spiro atoms. The third-order valence-electron chi connectivity index (χ3n) is 1.67. The van der Waals surface area contributed by atoms with Crippen LogP contribution in [0.15, 0.2) is 12.4 Å². The fourth-order valence-electron chi connectivity index (χ4n) is 0.995. The summed E-state index contributed by atoms with van der Waals surface area (Å²) >= 11 is 5.59. The van der Waals surface area contributed by atoms with Crippen molar-refractivity contribution < 1.29 is 13.2 Å². The zero-order valence-corrected chi connectivity index (χ0v) is 11.1. The van der Waals surface area contributed by atoms with E-state index in [-0.39, 0.29) is 29.4 Å². The van der Waals surface area contributed by atoms with Crippen molar-refractivity contribution in [3.8, 4) is 0 Å². The summed E-state index contributed by atoms with van der Waals surface area (Å²) in [7, 11) is -3.48. The first-order chi connectivity index (χ1) is 7.89. The molecule has 8 heteroatoms. The number of nitrogens with one attached hydrogen (secondary N) is 1. The van der Waals surface area contributed by atoms with Crippen LogP contribution < -0.4 is 4.72 Å². The van der Waals surface area contributed by atoms with Gasteiger partial charge in [-0.15, -0.1) is 0 Å². The molecular weight excluding hydrogens is 266 g/mol. The van der Waals surface area contributed by atoms with Crippen molar-refractivity contribution in [1.82, 2.24) is 9.97 Å². The monoisotopic (exact) mass is 279 g/mol. The van der Waals surface area contributed by atoms with Crippen LogP contribution in [0, 0.1) is 0 Å². The maximum atomic E-state index is 11.6. The summed E-state index contributed by atoms with van der Waals surface area (Å²) in [5.41, 5.74) is 0. The normalized spacial score (nSPS) is 11.8. The summed E-state index contributed by atoms with van der Waals surface area (Å²) in [6.07, 6.45) is 2.60. The molecule has 1 N–H and O–H groups in total. The zero-order valence-electron chi connectivity index (χ0n) is 9.55. The third kappa shape index (κ3) is 5.81. The lowest BCUT2D eigenvalue weighted by Gasteiger charge is -2.09. The molecule has 17 heavy (non-hydrogen) atoms. The standard InChI is InChI=1S/C9H14ClN3O3S/c1-7(2)16-3-4-17(14,15)13-9-6-11-5-8(10)12-9/h5-7H,3-4H2,1-2H3,(H,12,13). The number of ether oxygens (including phenoxy) is 1. The zero-order chi connectivity index (χ0) is 12.9. The van der Waals surface area contributed by atoms with E-state index in [0.29, 0.717) is 0 Å². The minimum Gasteiger partial charge on any atom is -0.378 e. The number of rotatable bonds is 6. The molecule has 1 heterocycles. The highest BCUT2D eigenvalue weighted by molar-refractivity contribution is 7.92. The second-order valence-corrected chi connectivity index (χ2v) is 5.80. The van der Waals surface area contributed by atoms with Crippen molar-refractivity contribution in [2.45, 2.75) is 20.0 Å². The Balaban J connectivity index is 2.55. The lowest BCUT2D eigenvalue weighted by Crippen LogP contribution is -2.22. The van der Waals surface area contributed by atoms with Crippen LogP contribution in [0.25, 0.3) is 0 Å². The molecule has 0 amide bonds. The van der Waals surface area contributed by atoms with Crippen molar-refractivity contribution in [2.24, 2.45) is 0 Å². The van der Waals surface area contributed by atoms with Gasteiger partial charge in [0, 0.05) is 0 Å². The summed E-state index contributed by atoms with van der Waals surface area (Å²) in [5, 5.41) is 0.128. The Labute approximate surface area is 105 Å². The molecule has 0 saturated heterocycles. The number of nitrogens with zero attached hydrogens (tertiary/aromatic N) is 2. The lowest BCUT2D eigenvalue weighted by molar-refractivity contribution is 0.0913. The number of hydrogen-bond acceptors (Lipinski definition) is 5. The van der Waals surface area contributed by atoms with Crippen LogP contribution in [0.5, 0.6) is 0 Å². The molecule has 0 radical (unpaired) electrons. The summed E-state index contributed by atoms with van der Waals surface area (Å²) in [6, 6.07) is 0. The molecule has 0 saturated carbocycles. The van der Waals surface area contributed by atoms with Crippen LogP contribution in [0.1, 0.15) is 13.8 Å². The van der Waals surface area contributed by atoms with Crippen LogP contribution in [0.2, 0.25) is 5.15 Å². The van der Waals surface area contributed by atoms with Crippen LogP contribution in [-0.4, -0.2) is 36.8 Å². The first-order valence-electron chi connectivity index (χ1n) is 4.99. The highest BCUT2D eigenvalue weighted by Crippen LogP contribution is 2.08. The first kappa shape index (κ1) is 14.1. The molecule has 96 valence electrons. The van der Waals surface area contributed by atoms with E-state index >= 15 is 0 Å². The van der Waals surface area contributed by atoms with Crippen molar-refractivity contribution in [3.63, 3.8) is 0 Å². The Hall–Kier alpha value is -0.920. The van der Waals surface area contributed by atoms with Gasteiger partial charge in [0.1, 0.15) is 5.15 Å². The summed E-state index contributed by atoms with van der Waals surface area (Å²) in [6.45, 7) is 3.80. The number of anilines is 1. The Morgan fingerprint density at radius 3 is 2.76 bits per heavy atom. The molecular formula is C9H14ClN3O3S. The van der Waals surface area contributed by atoms with Gasteiger partial charge in [0.05, 0.1) is 30.9 Å². The van der Waals surface area contributed by atoms with Crippen molar-refractivity contribution in [2.75, 3.05) is 17.1 Å². The first-order valence-corrected chi connectivity index (χ1v) is 7.02. The van der Waals surface area contributed by atoms with E-state index in [1.807, 2.05) is 13.8 Å². The molecule has 0 aliphatic rings. The molecule has 1 aromatic rings. The Bertz CT molecular complexity index is 464. The molecule has 1 rings (SSSR count). The predicted octanol–water partition coefficient (Wildman–Crippen LogP) is 1.30. The highest BCUT2D eigenvalue weighted by atomic mass is 35.5. The molecule has 0 aromatic carbocycles. The summed E-state index contributed by atoms with van der Waals surface area (Å²) < 4.78 is 30.6. The van der Waals surface area contributed by atoms with Crippen molar-refractivity contribution >= 4 is 27.4 Å². The van der Waals surface area contributed by atoms with Crippen LogP contribution >= 0.6 is 11.6 Å². The molecule has 0 bridgehead atoms. The van der Waals surface area contributed by atoms with Gasteiger partial charge in [0.15, 0.2) is 5.82 Å². The van der Waals surface area contributed by atoms with Crippen molar-refractivity contribution in [3.05, 3.63) is 17.5 Å². The van der Waals surface area contributed by atoms with E-state index in [1.165, 1.54) is 12.4 Å². The predicted molar refractivity (Wildman–Crippen MR) is 65.5 cm³/mol. The summed E-state index contributed by atoms with van der Waals surface area (Å²) in [5.74, 6) is -0.0404. The van der Waals surface area contributed by atoms with E-state index in [9.17, 15) is 8.42 Å². The minimum atomic E-state index is -3.48. The van der Waals surface area contributed by atoms with Gasteiger partial charge in [-0.2, -0.15) is 0 Å². The number of halogens is 1. The van der Waals surface area contributed by atoms with Crippen LogP contribution in [0.4, 0.5) is 5.82 Å². The average molecular weight is 280 g/mol. The fraction of sp³-hybridized carbons (Fsp3) is 0.556. The second kappa shape index (κ2) is 6.13. The van der Waals surface area contributed by atoms with Gasteiger partial charge in [0.25, 0.3) is 0 Å². The van der Waals surface area contributed by atoms with E-state index in [0.717, 1.165) is 0 Å². The minimum absolute atomic E-state index is 0.00355. The SMILES string of the molecule is CC(C)OCCS(=O)(=O)Nc1cncc(Cl)n1. The number of sulfonamides is 1. The van der Waals surface area contributed by atoms with E-state index in [1.54, 1.807) is 0 Å². The molecule has 0 unspecified atom stereocenters. The summed E-state index contributed by atoms with van der Waals surface area (Å²) in [4.78, 5) is 7.50. The van der Waals surface area contributed by atoms with E-state index in [4.69, 9.17) is 16.3 Å². The van der Waals surface area contributed by atoms with Gasteiger partial charge in [-0.05, 0) is 13.8 Å². The Morgan fingerprint density at radius 2 is 2.18 bits per heavy atom. The van der Waals surface area contributed by atoms with E-state index in [2.05, 4.69) is 14.7 Å². The fourth-order valence-corrected chi connectivity index (χ4v) is 1.98. The van der Waals surface area contributed by atoms with Gasteiger partial charge in [0.2, 0.25) is 10.0 Å². The smallest absolute Gasteiger partial charge is 0.236 e. The Morgan fingerprint density at radius 1 is 1.47 bits per heavy atom. The third-order valence-corrected chi connectivity index (χ3v) is 3.07. The maximum Gasteiger partial charge on any atom is 0.236 e.